The van der Waals surface area contributed by atoms with Crippen LogP contribution in [0.25, 0.3) is 0 Å². The summed E-state index contributed by atoms with van der Waals surface area (Å²) in [4.78, 5) is 17.5. The van der Waals surface area contributed by atoms with E-state index in [-0.39, 0.29) is 30.5 Å². The van der Waals surface area contributed by atoms with Gasteiger partial charge in [0, 0.05) is 12.6 Å². The Labute approximate surface area is 217 Å². The van der Waals surface area contributed by atoms with Gasteiger partial charge in [-0.2, -0.15) is 5.01 Å². The number of aliphatic imine (C=N–C) groups is 1. The quantitative estimate of drug-likeness (QED) is 0.363. The first-order chi connectivity index (χ1) is 17.3. The Bertz CT molecular complexity index is 1280. The fraction of sp³-hybridized carbons (Fsp3) is 0.462. The first-order valence-electron chi connectivity index (χ1n) is 12.1. The maximum absolute atomic E-state index is 15.2. The predicted octanol–water partition coefficient (Wildman–Crippen LogP) is 3.90. The first kappa shape index (κ1) is 27.0. The maximum atomic E-state index is 15.2. The number of ether oxygens (including phenoxy) is 2. The first-order valence-corrected chi connectivity index (χ1v) is 13.6. The Hall–Kier alpha value is -3.02. The molecule has 3 atom stereocenters. The van der Waals surface area contributed by atoms with E-state index in [1.165, 1.54) is 25.2 Å². The number of benzene rings is 2. The molecule has 1 heterocycles. The van der Waals surface area contributed by atoms with E-state index in [0.29, 0.717) is 18.0 Å². The molecule has 37 heavy (non-hydrogen) atoms. The van der Waals surface area contributed by atoms with Gasteiger partial charge in [-0.25, -0.2) is 32.7 Å². The number of hydrazine groups is 1. The van der Waals surface area contributed by atoms with E-state index < -0.39 is 38.3 Å². The number of nitrogens with two attached hydrogens (primary N) is 1. The van der Waals surface area contributed by atoms with E-state index >= 15 is 4.39 Å². The van der Waals surface area contributed by atoms with Gasteiger partial charge >= 0.3 is 6.09 Å². The van der Waals surface area contributed by atoms with Crippen LogP contribution in [-0.4, -0.2) is 53.8 Å². The van der Waals surface area contributed by atoms with E-state index in [1.807, 2.05) is 30.3 Å². The number of amides is 1. The van der Waals surface area contributed by atoms with Gasteiger partial charge < -0.3 is 9.47 Å². The zero-order chi connectivity index (χ0) is 27.0. The van der Waals surface area contributed by atoms with Gasteiger partial charge in [0.15, 0.2) is 0 Å². The fourth-order valence-corrected chi connectivity index (χ4v) is 6.85. The summed E-state index contributed by atoms with van der Waals surface area (Å²) < 4.78 is 55.3. The van der Waals surface area contributed by atoms with Crippen molar-refractivity contribution in [3.8, 4) is 0 Å². The number of nitrogens with zero attached hydrogens (tertiary/aromatic N) is 3. The van der Waals surface area contributed by atoms with E-state index in [4.69, 9.17) is 20.3 Å². The minimum atomic E-state index is -4.15. The molecule has 9 nitrogen and oxygen atoms in total. The van der Waals surface area contributed by atoms with Crippen molar-refractivity contribution in [1.29, 1.82) is 0 Å². The van der Waals surface area contributed by atoms with Crippen molar-refractivity contribution in [2.24, 2.45) is 10.8 Å². The second-order valence-electron chi connectivity index (χ2n) is 10.4. The number of hydrogen-bond donors (Lipinski definition) is 1. The van der Waals surface area contributed by atoms with Gasteiger partial charge in [-0.15, -0.1) is 0 Å². The molecular weight excluding hydrogens is 499 g/mol. The number of sulfonamides is 1. The number of halogens is 1. The smallest absolute Gasteiger partial charge is 0.431 e. The minimum Gasteiger partial charge on any atom is -0.442 e. The van der Waals surface area contributed by atoms with Crippen LogP contribution < -0.4 is 5.84 Å². The third-order valence-electron chi connectivity index (χ3n) is 6.65. The highest BCUT2D eigenvalue weighted by Crippen LogP contribution is 2.49. The van der Waals surface area contributed by atoms with Gasteiger partial charge in [-0.1, -0.05) is 48.5 Å². The highest BCUT2D eigenvalue weighted by molar-refractivity contribution is 7.90. The Morgan fingerprint density at radius 1 is 1.19 bits per heavy atom. The zero-order valence-electron chi connectivity index (χ0n) is 21.4. The molecule has 0 bridgehead atoms. The summed E-state index contributed by atoms with van der Waals surface area (Å²) in [5.41, 5.74) is -1.28. The average molecular weight is 533 g/mol. The van der Waals surface area contributed by atoms with Crippen LogP contribution >= 0.6 is 0 Å². The monoisotopic (exact) mass is 532 g/mol. The molecule has 200 valence electrons. The molecule has 0 saturated heterocycles. The summed E-state index contributed by atoms with van der Waals surface area (Å²) in [6.45, 7) is 5.31. The lowest BCUT2D eigenvalue weighted by molar-refractivity contribution is 0.00174. The second kappa shape index (κ2) is 10.0. The third kappa shape index (κ3) is 5.34. The molecule has 0 radical (unpaired) electrons. The highest BCUT2D eigenvalue weighted by Gasteiger charge is 2.58. The largest absolute Gasteiger partial charge is 0.442 e. The van der Waals surface area contributed by atoms with Crippen molar-refractivity contribution in [2.75, 3.05) is 7.05 Å². The number of rotatable bonds is 4. The van der Waals surface area contributed by atoms with Crippen molar-refractivity contribution < 1.29 is 27.1 Å². The lowest BCUT2D eigenvalue weighted by Gasteiger charge is -2.49. The number of carbonyl (C=O) groups excluding carboxylic acids is 1. The SMILES string of the molecule is CN1C(N(N)C(=O)OC(C)(C)C)=NC2(c3ccccc3F)CCC(OCc3ccccc3)CC2S1(=O)=O. The molecule has 0 spiro atoms. The topological polar surface area (TPSA) is 115 Å². The van der Waals surface area contributed by atoms with Crippen LogP contribution in [-0.2, 0) is 31.6 Å². The Morgan fingerprint density at radius 3 is 2.49 bits per heavy atom. The van der Waals surface area contributed by atoms with Crippen LogP contribution in [0.5, 0.6) is 0 Å². The average Bonchev–Trinajstić information content (AvgIpc) is 2.85. The zero-order valence-corrected chi connectivity index (χ0v) is 22.2. The van der Waals surface area contributed by atoms with Crippen LogP contribution in [0, 0.1) is 5.82 Å². The van der Waals surface area contributed by atoms with Crippen molar-refractivity contribution >= 4 is 22.1 Å². The highest BCUT2D eigenvalue weighted by atomic mass is 32.2. The molecule has 2 aromatic carbocycles. The number of fused-ring (bicyclic) bond motifs is 1. The molecule has 1 saturated carbocycles. The second-order valence-corrected chi connectivity index (χ2v) is 12.5. The molecule has 2 aliphatic rings. The van der Waals surface area contributed by atoms with Gasteiger partial charge in [0.2, 0.25) is 16.0 Å². The number of hydrogen-bond acceptors (Lipinski definition) is 7. The molecule has 1 amide bonds. The predicted molar refractivity (Wildman–Crippen MR) is 137 cm³/mol. The maximum Gasteiger partial charge on any atom is 0.431 e. The number of guanidine groups is 1. The van der Waals surface area contributed by atoms with Crippen LogP contribution in [0.1, 0.15) is 51.2 Å². The van der Waals surface area contributed by atoms with Crippen molar-refractivity contribution in [2.45, 2.75) is 69.1 Å². The molecule has 0 aromatic heterocycles. The van der Waals surface area contributed by atoms with Crippen LogP contribution in [0.4, 0.5) is 9.18 Å². The molecule has 2 aromatic rings. The summed E-state index contributed by atoms with van der Waals surface area (Å²) in [6.07, 6.45) is -0.650. The van der Waals surface area contributed by atoms with Crippen LogP contribution in [0.15, 0.2) is 59.6 Å². The fourth-order valence-electron chi connectivity index (χ4n) is 4.86. The molecule has 1 aliphatic heterocycles. The van der Waals surface area contributed by atoms with Gasteiger partial charge in [0.25, 0.3) is 0 Å². The Kier molecular flexibility index (Phi) is 7.33. The molecule has 1 aliphatic carbocycles. The number of carbonyl (C=O) groups is 1. The lowest BCUT2D eigenvalue weighted by Crippen LogP contribution is -2.63. The minimum absolute atomic E-state index is 0.0988. The van der Waals surface area contributed by atoms with Gasteiger partial charge in [-0.05, 0) is 51.7 Å². The molecule has 4 rings (SSSR count). The van der Waals surface area contributed by atoms with E-state index in [9.17, 15) is 13.2 Å². The Balaban J connectivity index is 1.74. The van der Waals surface area contributed by atoms with Crippen molar-refractivity contribution in [3.63, 3.8) is 0 Å². The van der Waals surface area contributed by atoms with E-state index in [1.54, 1.807) is 26.8 Å². The third-order valence-corrected chi connectivity index (χ3v) is 8.88. The summed E-state index contributed by atoms with van der Waals surface area (Å²) in [5.74, 6) is 5.13. The molecule has 3 unspecified atom stereocenters. The van der Waals surface area contributed by atoms with Gasteiger partial charge in [-0.3, -0.25) is 0 Å². The normalized spacial score (nSPS) is 25.1. The summed E-state index contributed by atoms with van der Waals surface area (Å²) in [7, 11) is -2.87. The van der Waals surface area contributed by atoms with Gasteiger partial charge in [0.1, 0.15) is 22.2 Å². The molecule has 1 fully saturated rings. The summed E-state index contributed by atoms with van der Waals surface area (Å²) in [5, 5.41) is -0.563. The molecule has 11 heteroatoms. The standard InChI is InChI=1S/C26H33FN4O5S/c1-25(2,3)36-24(32)31(28)23-29-26(20-12-8-9-13-21(20)27)15-14-19(16-22(26)37(33,34)30(23)4)35-17-18-10-6-5-7-11-18/h5-13,19,22H,14-17,28H2,1-4H3. The lowest BCUT2D eigenvalue weighted by atomic mass is 9.75. The summed E-state index contributed by atoms with van der Waals surface area (Å²) >= 11 is 0. The molecular formula is C26H33FN4O5S. The van der Waals surface area contributed by atoms with Crippen molar-refractivity contribution in [1.82, 2.24) is 9.31 Å². The van der Waals surface area contributed by atoms with Gasteiger partial charge in [0.05, 0.1) is 12.7 Å². The van der Waals surface area contributed by atoms with Crippen LogP contribution in [0.3, 0.4) is 0 Å². The van der Waals surface area contributed by atoms with Crippen LogP contribution in [0.2, 0.25) is 0 Å². The van der Waals surface area contributed by atoms with E-state index in [2.05, 4.69) is 0 Å². The van der Waals surface area contributed by atoms with E-state index in [0.717, 1.165) is 9.87 Å². The Morgan fingerprint density at radius 2 is 1.84 bits per heavy atom. The van der Waals surface area contributed by atoms with Crippen molar-refractivity contribution in [3.05, 3.63) is 71.5 Å². The molecule has 2 N–H and O–H groups in total. The summed E-state index contributed by atoms with van der Waals surface area (Å²) in [6, 6.07) is 15.6.